The fraction of sp³-hybridized carbons (Fsp3) is 0.0952. The maximum atomic E-state index is 12.5. The van der Waals surface area contributed by atoms with Crippen LogP contribution in [0.15, 0.2) is 71.7 Å². The van der Waals surface area contributed by atoms with Crippen LogP contribution in [0.3, 0.4) is 0 Å². The summed E-state index contributed by atoms with van der Waals surface area (Å²) in [5, 5.41) is 5.92. The molecular weight excluding hydrogens is 394 g/mol. The Kier molecular flexibility index (Phi) is 5.32. The Morgan fingerprint density at radius 2 is 1.82 bits per heavy atom. The van der Waals surface area contributed by atoms with E-state index in [1.54, 1.807) is 18.2 Å². The monoisotopic (exact) mass is 409 g/mol. The van der Waals surface area contributed by atoms with Gasteiger partial charge in [-0.15, -0.1) is 0 Å². The third kappa shape index (κ3) is 3.74. The molecule has 1 aliphatic rings. The zero-order valence-corrected chi connectivity index (χ0v) is 16.3. The van der Waals surface area contributed by atoms with Gasteiger partial charge in [-0.1, -0.05) is 71.9 Å². The number of carbonyl (C=O) groups excluding carboxylic acids is 2. The Morgan fingerprint density at radius 3 is 2.68 bits per heavy atom. The number of aliphatic imine (C=N–C) groups is 1. The second kappa shape index (κ2) is 8.04. The van der Waals surface area contributed by atoms with Gasteiger partial charge in [0.1, 0.15) is 6.54 Å². The lowest BCUT2D eigenvalue weighted by atomic mass is 10.1. The summed E-state index contributed by atoms with van der Waals surface area (Å²) in [5.41, 5.74) is 1.34. The minimum atomic E-state index is -0.164. The first-order valence-electron chi connectivity index (χ1n) is 8.66. The number of nitrogens with one attached hydrogen (secondary N) is 1. The molecule has 4 rings (SSSR count). The first-order chi connectivity index (χ1) is 13.6. The summed E-state index contributed by atoms with van der Waals surface area (Å²) in [6.07, 6.45) is 0. The van der Waals surface area contributed by atoms with Gasteiger partial charge in [0.05, 0.1) is 16.5 Å². The number of halogens is 1. The molecule has 0 atom stereocenters. The number of thioether (sulfide) groups is 1. The highest BCUT2D eigenvalue weighted by molar-refractivity contribution is 8.14. The molecule has 28 heavy (non-hydrogen) atoms. The Bertz CT molecular complexity index is 1090. The average Bonchev–Trinajstić information content (AvgIpc) is 3.07. The molecule has 3 aromatic rings. The summed E-state index contributed by atoms with van der Waals surface area (Å²) in [5.74, 6) is -0.191. The van der Waals surface area contributed by atoms with Crippen molar-refractivity contribution in [2.75, 3.05) is 22.5 Å². The number of amides is 2. The molecule has 2 amide bonds. The SMILES string of the molecule is O=C(CSC1=NCC(=O)N1c1ccccc1Cl)Nc1cccc2ccccc12. The summed E-state index contributed by atoms with van der Waals surface area (Å²) >= 11 is 7.44. The molecule has 1 heterocycles. The number of rotatable bonds is 4. The fourth-order valence-electron chi connectivity index (χ4n) is 3.01. The van der Waals surface area contributed by atoms with Gasteiger partial charge in [-0.25, -0.2) is 0 Å². The molecule has 0 aromatic heterocycles. The maximum absolute atomic E-state index is 12.5. The third-order valence-corrected chi connectivity index (χ3v) is 5.58. The number of nitrogens with zero attached hydrogens (tertiary/aromatic N) is 2. The van der Waals surface area contributed by atoms with Gasteiger partial charge in [0.15, 0.2) is 5.17 Å². The lowest BCUT2D eigenvalue weighted by molar-refractivity contribution is -0.116. The molecule has 0 saturated carbocycles. The van der Waals surface area contributed by atoms with E-state index in [9.17, 15) is 9.59 Å². The Balaban J connectivity index is 1.46. The number of carbonyl (C=O) groups is 2. The number of hydrogen-bond acceptors (Lipinski definition) is 4. The summed E-state index contributed by atoms with van der Waals surface area (Å²) in [6, 6.07) is 20.7. The van der Waals surface area contributed by atoms with Gasteiger partial charge in [-0.2, -0.15) is 0 Å². The van der Waals surface area contributed by atoms with Crippen LogP contribution >= 0.6 is 23.4 Å². The largest absolute Gasteiger partial charge is 0.325 e. The van der Waals surface area contributed by atoms with E-state index in [0.29, 0.717) is 15.9 Å². The van der Waals surface area contributed by atoms with Crippen LogP contribution in [0.4, 0.5) is 11.4 Å². The number of para-hydroxylation sites is 1. The van der Waals surface area contributed by atoms with E-state index in [1.165, 1.54) is 16.7 Å². The molecular formula is C21H16ClN3O2S. The van der Waals surface area contributed by atoms with E-state index in [4.69, 9.17) is 11.6 Å². The van der Waals surface area contributed by atoms with E-state index in [1.807, 2.05) is 48.5 Å². The number of hydrogen-bond donors (Lipinski definition) is 1. The van der Waals surface area contributed by atoms with Gasteiger partial charge >= 0.3 is 0 Å². The van der Waals surface area contributed by atoms with Crippen molar-refractivity contribution in [1.29, 1.82) is 0 Å². The van der Waals surface area contributed by atoms with Crippen molar-refractivity contribution in [1.82, 2.24) is 0 Å². The van der Waals surface area contributed by atoms with Crippen molar-refractivity contribution in [2.24, 2.45) is 4.99 Å². The van der Waals surface area contributed by atoms with Gasteiger partial charge in [-0.3, -0.25) is 19.5 Å². The van der Waals surface area contributed by atoms with E-state index in [2.05, 4.69) is 10.3 Å². The van der Waals surface area contributed by atoms with E-state index < -0.39 is 0 Å². The van der Waals surface area contributed by atoms with E-state index in [0.717, 1.165) is 16.5 Å². The van der Waals surface area contributed by atoms with E-state index >= 15 is 0 Å². The molecule has 1 aliphatic heterocycles. The van der Waals surface area contributed by atoms with Crippen LogP contribution < -0.4 is 10.2 Å². The van der Waals surface area contributed by atoms with Gasteiger partial charge in [0, 0.05) is 11.1 Å². The fourth-order valence-corrected chi connectivity index (χ4v) is 4.05. The van der Waals surface area contributed by atoms with Crippen molar-refractivity contribution in [3.05, 3.63) is 71.8 Å². The third-order valence-electron chi connectivity index (χ3n) is 4.28. The Labute approximate surface area is 171 Å². The van der Waals surface area contributed by atoms with Crippen LogP contribution in [0.1, 0.15) is 0 Å². The summed E-state index contributed by atoms with van der Waals surface area (Å²) in [7, 11) is 0. The van der Waals surface area contributed by atoms with Crippen LogP contribution in [-0.2, 0) is 9.59 Å². The molecule has 0 aliphatic carbocycles. The average molecular weight is 410 g/mol. The second-order valence-corrected chi connectivity index (χ2v) is 7.49. The van der Waals surface area contributed by atoms with Gasteiger partial charge < -0.3 is 5.32 Å². The Morgan fingerprint density at radius 1 is 1.07 bits per heavy atom. The minimum Gasteiger partial charge on any atom is -0.325 e. The predicted molar refractivity (Wildman–Crippen MR) is 116 cm³/mol. The standard InChI is InChI=1S/C21H16ClN3O2S/c22-16-9-3-4-11-18(16)25-20(27)12-23-21(25)28-13-19(26)24-17-10-5-7-14-6-1-2-8-15(14)17/h1-11H,12-13H2,(H,24,26). The maximum Gasteiger partial charge on any atom is 0.254 e. The molecule has 140 valence electrons. The topological polar surface area (TPSA) is 61.8 Å². The molecule has 0 bridgehead atoms. The lowest BCUT2D eigenvalue weighted by Crippen LogP contribution is -2.31. The number of benzene rings is 3. The Hall–Kier alpha value is -2.83. The van der Waals surface area contributed by atoms with Crippen molar-refractivity contribution in [3.8, 4) is 0 Å². The van der Waals surface area contributed by atoms with Crippen LogP contribution in [0, 0.1) is 0 Å². The lowest BCUT2D eigenvalue weighted by Gasteiger charge is -2.19. The van der Waals surface area contributed by atoms with Crippen LogP contribution in [0.2, 0.25) is 5.02 Å². The normalized spacial score (nSPS) is 13.7. The number of amidine groups is 1. The first-order valence-corrected chi connectivity index (χ1v) is 10.0. The zero-order chi connectivity index (χ0) is 19.5. The minimum absolute atomic E-state index is 0.0541. The highest BCUT2D eigenvalue weighted by atomic mass is 35.5. The quantitative estimate of drug-likeness (QED) is 0.686. The summed E-state index contributed by atoms with van der Waals surface area (Å²) in [4.78, 5) is 30.5. The predicted octanol–water partition coefficient (Wildman–Crippen LogP) is 4.57. The highest BCUT2D eigenvalue weighted by Gasteiger charge is 2.29. The van der Waals surface area contributed by atoms with Crippen molar-refractivity contribution < 1.29 is 9.59 Å². The molecule has 0 radical (unpaired) electrons. The molecule has 0 unspecified atom stereocenters. The number of anilines is 2. The van der Waals surface area contributed by atoms with Crippen molar-refractivity contribution >= 4 is 62.5 Å². The van der Waals surface area contributed by atoms with Crippen molar-refractivity contribution in [3.63, 3.8) is 0 Å². The molecule has 0 fully saturated rings. The molecule has 3 aromatic carbocycles. The smallest absolute Gasteiger partial charge is 0.254 e. The first kappa shape index (κ1) is 18.5. The molecule has 0 saturated heterocycles. The van der Waals surface area contributed by atoms with Crippen LogP contribution in [0.5, 0.6) is 0 Å². The van der Waals surface area contributed by atoms with Crippen LogP contribution in [0.25, 0.3) is 10.8 Å². The summed E-state index contributed by atoms with van der Waals surface area (Å²) < 4.78 is 0. The zero-order valence-electron chi connectivity index (χ0n) is 14.8. The summed E-state index contributed by atoms with van der Waals surface area (Å²) in [6.45, 7) is 0.0541. The molecule has 0 spiro atoms. The van der Waals surface area contributed by atoms with Crippen molar-refractivity contribution in [2.45, 2.75) is 0 Å². The second-order valence-electron chi connectivity index (χ2n) is 6.14. The van der Waals surface area contributed by atoms with Gasteiger partial charge in [0.25, 0.3) is 5.91 Å². The highest BCUT2D eigenvalue weighted by Crippen LogP contribution is 2.30. The van der Waals surface area contributed by atoms with Gasteiger partial charge in [-0.05, 0) is 23.6 Å². The van der Waals surface area contributed by atoms with E-state index in [-0.39, 0.29) is 24.1 Å². The number of fused-ring (bicyclic) bond motifs is 1. The molecule has 1 N–H and O–H groups in total. The van der Waals surface area contributed by atoms with Crippen LogP contribution in [-0.4, -0.2) is 29.3 Å². The molecule has 5 nitrogen and oxygen atoms in total. The molecule has 7 heteroatoms. The van der Waals surface area contributed by atoms with Gasteiger partial charge in [0.2, 0.25) is 5.91 Å².